The van der Waals surface area contributed by atoms with Crippen LogP contribution in [-0.2, 0) is 17.8 Å². The van der Waals surface area contributed by atoms with Crippen LogP contribution < -0.4 is 10.1 Å². The number of rotatable bonds is 7. The summed E-state index contributed by atoms with van der Waals surface area (Å²) >= 11 is 0. The summed E-state index contributed by atoms with van der Waals surface area (Å²) in [7, 11) is 1.61. The Morgan fingerprint density at radius 2 is 1.81 bits per heavy atom. The summed E-state index contributed by atoms with van der Waals surface area (Å²) < 4.78 is 10.7. The molecule has 4 rings (SSSR count). The predicted octanol–water partition coefficient (Wildman–Crippen LogP) is 3.61. The van der Waals surface area contributed by atoms with Crippen LogP contribution in [0.15, 0.2) is 71.4 Å². The average molecular weight is 431 g/mol. The molecule has 0 fully saturated rings. The Hall–Kier alpha value is -3.87. The molecule has 0 unspecified atom stereocenters. The SMILES string of the molecule is COc1ccc(CC(=O)NCc2ccc(-c3nc(C(=O)N4CC=CCC4)co3)cc2)cc1. The van der Waals surface area contributed by atoms with Crippen LogP contribution in [0.2, 0.25) is 0 Å². The van der Waals surface area contributed by atoms with Crippen molar-refractivity contribution in [2.24, 2.45) is 0 Å². The lowest BCUT2D eigenvalue weighted by Gasteiger charge is -2.21. The van der Waals surface area contributed by atoms with E-state index in [1.165, 1.54) is 6.26 Å². The fourth-order valence-electron chi connectivity index (χ4n) is 3.45. The maximum atomic E-state index is 12.5. The van der Waals surface area contributed by atoms with Gasteiger partial charge >= 0.3 is 0 Å². The van der Waals surface area contributed by atoms with Gasteiger partial charge in [-0.25, -0.2) is 4.98 Å². The number of amides is 2. The van der Waals surface area contributed by atoms with Crippen LogP contribution in [0, 0.1) is 0 Å². The van der Waals surface area contributed by atoms with Gasteiger partial charge < -0.3 is 19.4 Å². The van der Waals surface area contributed by atoms with Crippen molar-refractivity contribution in [3.63, 3.8) is 0 Å². The second kappa shape index (κ2) is 9.96. The molecule has 32 heavy (non-hydrogen) atoms. The van der Waals surface area contributed by atoms with Gasteiger partial charge in [-0.1, -0.05) is 36.4 Å². The average Bonchev–Trinajstić information content (AvgIpc) is 3.34. The molecule has 0 radical (unpaired) electrons. The van der Waals surface area contributed by atoms with E-state index >= 15 is 0 Å². The lowest BCUT2D eigenvalue weighted by Crippen LogP contribution is -2.33. The summed E-state index contributed by atoms with van der Waals surface area (Å²) in [5.41, 5.74) is 2.97. The molecule has 0 spiro atoms. The smallest absolute Gasteiger partial charge is 0.276 e. The molecule has 1 aromatic heterocycles. The topological polar surface area (TPSA) is 84.7 Å². The van der Waals surface area contributed by atoms with Gasteiger partial charge in [0, 0.05) is 25.2 Å². The van der Waals surface area contributed by atoms with Crippen LogP contribution in [0.25, 0.3) is 11.5 Å². The van der Waals surface area contributed by atoms with Crippen molar-refractivity contribution >= 4 is 11.8 Å². The highest BCUT2D eigenvalue weighted by Gasteiger charge is 2.20. The van der Waals surface area contributed by atoms with Gasteiger partial charge in [-0.05, 0) is 41.8 Å². The first kappa shape index (κ1) is 21.4. The predicted molar refractivity (Wildman–Crippen MR) is 120 cm³/mol. The highest BCUT2D eigenvalue weighted by Crippen LogP contribution is 2.20. The summed E-state index contributed by atoms with van der Waals surface area (Å²) in [6.07, 6.45) is 6.62. The van der Waals surface area contributed by atoms with E-state index in [2.05, 4.69) is 16.4 Å². The molecule has 7 heteroatoms. The van der Waals surface area contributed by atoms with Crippen molar-refractivity contribution in [1.82, 2.24) is 15.2 Å². The van der Waals surface area contributed by atoms with Gasteiger partial charge in [0.25, 0.3) is 5.91 Å². The lowest BCUT2D eigenvalue weighted by molar-refractivity contribution is -0.120. The van der Waals surface area contributed by atoms with Crippen LogP contribution >= 0.6 is 0 Å². The zero-order chi connectivity index (χ0) is 22.3. The molecule has 1 N–H and O–H groups in total. The molecule has 2 aromatic carbocycles. The van der Waals surface area contributed by atoms with E-state index in [0.29, 0.717) is 37.6 Å². The largest absolute Gasteiger partial charge is 0.497 e. The Balaban J connectivity index is 1.31. The fraction of sp³-hybridized carbons (Fsp3) is 0.240. The number of carbonyl (C=O) groups is 2. The second-order valence-electron chi connectivity index (χ2n) is 7.55. The third-order valence-electron chi connectivity index (χ3n) is 5.28. The molecule has 3 aromatic rings. The van der Waals surface area contributed by atoms with E-state index in [0.717, 1.165) is 28.9 Å². The van der Waals surface area contributed by atoms with Gasteiger partial charge in [-0.2, -0.15) is 0 Å². The normalized spacial score (nSPS) is 13.1. The minimum Gasteiger partial charge on any atom is -0.497 e. The first-order valence-electron chi connectivity index (χ1n) is 10.5. The van der Waals surface area contributed by atoms with Gasteiger partial charge in [0.1, 0.15) is 12.0 Å². The third kappa shape index (κ3) is 5.24. The molecule has 0 saturated heterocycles. The minimum atomic E-state index is -0.124. The van der Waals surface area contributed by atoms with Crippen molar-refractivity contribution in [3.05, 3.63) is 83.8 Å². The number of nitrogens with one attached hydrogen (secondary N) is 1. The molecular weight excluding hydrogens is 406 g/mol. The number of oxazole rings is 1. The molecule has 1 aliphatic rings. The quantitative estimate of drug-likeness (QED) is 0.578. The van der Waals surface area contributed by atoms with Crippen LogP contribution in [0.5, 0.6) is 5.75 Å². The van der Waals surface area contributed by atoms with Gasteiger partial charge in [-0.15, -0.1) is 0 Å². The summed E-state index contributed by atoms with van der Waals surface area (Å²) in [4.78, 5) is 30.9. The van der Waals surface area contributed by atoms with E-state index in [1.807, 2.05) is 54.6 Å². The number of ether oxygens (including phenoxy) is 1. The first-order chi connectivity index (χ1) is 15.6. The Morgan fingerprint density at radius 3 is 2.50 bits per heavy atom. The Kier molecular flexibility index (Phi) is 6.65. The van der Waals surface area contributed by atoms with Crippen LogP contribution in [0.1, 0.15) is 28.0 Å². The summed E-state index contributed by atoms with van der Waals surface area (Å²) in [6, 6.07) is 15.0. The summed E-state index contributed by atoms with van der Waals surface area (Å²) in [5, 5.41) is 2.93. The molecular formula is C25H25N3O4. The number of nitrogens with zero attached hydrogens (tertiary/aromatic N) is 2. The Labute approximate surface area is 186 Å². The van der Waals surface area contributed by atoms with Crippen LogP contribution in [0.3, 0.4) is 0 Å². The van der Waals surface area contributed by atoms with Crippen LogP contribution in [-0.4, -0.2) is 41.9 Å². The number of hydrogen-bond donors (Lipinski definition) is 1. The van der Waals surface area contributed by atoms with Crippen molar-refractivity contribution < 1.29 is 18.7 Å². The molecule has 7 nitrogen and oxygen atoms in total. The van der Waals surface area contributed by atoms with E-state index < -0.39 is 0 Å². The highest BCUT2D eigenvalue weighted by molar-refractivity contribution is 5.92. The van der Waals surface area contributed by atoms with Gasteiger partial charge in [0.05, 0.1) is 13.5 Å². The molecule has 0 saturated carbocycles. The van der Waals surface area contributed by atoms with Gasteiger partial charge in [0.2, 0.25) is 11.8 Å². The zero-order valence-corrected chi connectivity index (χ0v) is 17.9. The lowest BCUT2D eigenvalue weighted by atomic mass is 10.1. The Morgan fingerprint density at radius 1 is 1.06 bits per heavy atom. The maximum Gasteiger partial charge on any atom is 0.276 e. The molecule has 2 amide bonds. The highest BCUT2D eigenvalue weighted by atomic mass is 16.5. The summed E-state index contributed by atoms with van der Waals surface area (Å²) in [5.74, 6) is 0.986. The second-order valence-corrected chi connectivity index (χ2v) is 7.55. The third-order valence-corrected chi connectivity index (χ3v) is 5.28. The van der Waals surface area contributed by atoms with Crippen molar-refractivity contribution in [2.75, 3.05) is 20.2 Å². The van der Waals surface area contributed by atoms with E-state index in [4.69, 9.17) is 9.15 Å². The molecule has 2 heterocycles. The van der Waals surface area contributed by atoms with Crippen molar-refractivity contribution in [3.8, 4) is 17.2 Å². The molecule has 0 aliphatic carbocycles. The minimum absolute atomic E-state index is 0.0531. The standard InChI is InChI=1S/C25H25N3O4/c1-31-21-11-7-18(8-12-21)15-23(29)26-16-19-5-9-20(10-6-19)24-27-22(17-32-24)25(30)28-13-3-2-4-14-28/h2-3,5-12,17H,4,13-16H2,1H3,(H,26,29). The molecule has 0 atom stereocenters. The number of methoxy groups -OCH3 is 1. The van der Waals surface area contributed by atoms with E-state index in [-0.39, 0.29) is 11.8 Å². The maximum absolute atomic E-state index is 12.5. The molecule has 1 aliphatic heterocycles. The number of aromatic nitrogens is 1. The zero-order valence-electron chi connectivity index (χ0n) is 17.9. The summed E-state index contributed by atoms with van der Waals surface area (Å²) in [6.45, 7) is 1.71. The first-order valence-corrected chi connectivity index (χ1v) is 10.5. The number of benzene rings is 2. The van der Waals surface area contributed by atoms with E-state index in [1.54, 1.807) is 12.0 Å². The Bertz CT molecular complexity index is 1100. The van der Waals surface area contributed by atoms with Gasteiger partial charge in [0.15, 0.2) is 5.69 Å². The fourth-order valence-corrected chi connectivity index (χ4v) is 3.45. The monoisotopic (exact) mass is 431 g/mol. The van der Waals surface area contributed by atoms with Gasteiger partial charge in [-0.3, -0.25) is 9.59 Å². The van der Waals surface area contributed by atoms with Crippen molar-refractivity contribution in [2.45, 2.75) is 19.4 Å². The number of hydrogen-bond acceptors (Lipinski definition) is 5. The van der Waals surface area contributed by atoms with Crippen molar-refractivity contribution in [1.29, 1.82) is 0 Å². The van der Waals surface area contributed by atoms with Crippen LogP contribution in [0.4, 0.5) is 0 Å². The number of carbonyl (C=O) groups excluding carboxylic acids is 2. The molecule has 0 bridgehead atoms. The molecule has 164 valence electrons. The van der Waals surface area contributed by atoms with E-state index in [9.17, 15) is 9.59 Å².